The van der Waals surface area contributed by atoms with Gasteiger partial charge in [-0.3, -0.25) is 4.79 Å². The summed E-state index contributed by atoms with van der Waals surface area (Å²) in [6, 6.07) is 15.1. The summed E-state index contributed by atoms with van der Waals surface area (Å²) in [7, 11) is 0. The zero-order valence-corrected chi connectivity index (χ0v) is 15.5. The van der Waals surface area contributed by atoms with Crippen molar-refractivity contribution in [3.63, 3.8) is 0 Å². The lowest BCUT2D eigenvalue weighted by Gasteiger charge is -2.38. The van der Waals surface area contributed by atoms with Crippen LogP contribution in [0.5, 0.6) is 0 Å². The Morgan fingerprint density at radius 3 is 2.42 bits per heavy atom. The summed E-state index contributed by atoms with van der Waals surface area (Å²) in [5, 5.41) is 3.22. The zero-order valence-electron chi connectivity index (χ0n) is 13.1. The highest BCUT2D eigenvalue weighted by molar-refractivity contribution is 9.10. The number of benzene rings is 2. The predicted octanol–water partition coefficient (Wildman–Crippen LogP) is 3.89. The summed E-state index contributed by atoms with van der Waals surface area (Å²) in [6.45, 7) is 1.26. The number of anilines is 1. The SMILES string of the molecule is Cl.Nc1cccc(C(=O)NC2(c3ccc(Br)cc3)CCOCC2)c1. The van der Waals surface area contributed by atoms with Crippen molar-refractivity contribution in [3.05, 3.63) is 64.1 Å². The van der Waals surface area contributed by atoms with Crippen LogP contribution in [0.4, 0.5) is 5.69 Å². The molecule has 4 nitrogen and oxygen atoms in total. The highest BCUT2D eigenvalue weighted by atomic mass is 79.9. The van der Waals surface area contributed by atoms with E-state index in [2.05, 4.69) is 33.4 Å². The lowest BCUT2D eigenvalue weighted by Crippen LogP contribution is -2.49. The van der Waals surface area contributed by atoms with Gasteiger partial charge in [0.05, 0.1) is 5.54 Å². The number of amides is 1. The Kier molecular flexibility index (Phi) is 6.27. The maximum absolute atomic E-state index is 12.7. The third kappa shape index (κ3) is 4.09. The Labute approximate surface area is 156 Å². The van der Waals surface area contributed by atoms with Crippen molar-refractivity contribution in [2.45, 2.75) is 18.4 Å². The first-order chi connectivity index (χ1) is 11.1. The molecule has 1 saturated heterocycles. The molecule has 6 heteroatoms. The van der Waals surface area contributed by atoms with E-state index in [0.29, 0.717) is 24.5 Å². The summed E-state index contributed by atoms with van der Waals surface area (Å²) >= 11 is 3.46. The first kappa shape index (κ1) is 18.8. The topological polar surface area (TPSA) is 64.4 Å². The Bertz CT molecular complexity index is 700. The monoisotopic (exact) mass is 410 g/mol. The van der Waals surface area contributed by atoms with Gasteiger partial charge in [-0.05, 0) is 48.7 Å². The molecule has 0 aromatic heterocycles. The third-order valence-electron chi connectivity index (χ3n) is 4.24. The second-order valence-corrected chi connectivity index (χ2v) is 6.70. The summed E-state index contributed by atoms with van der Waals surface area (Å²) < 4.78 is 6.51. The van der Waals surface area contributed by atoms with E-state index in [9.17, 15) is 4.79 Å². The summed E-state index contributed by atoms with van der Waals surface area (Å²) in [5.41, 5.74) is 7.64. The van der Waals surface area contributed by atoms with Gasteiger partial charge in [0, 0.05) is 28.9 Å². The number of halogens is 2. The smallest absolute Gasteiger partial charge is 0.252 e. The first-order valence-corrected chi connectivity index (χ1v) is 8.40. The van der Waals surface area contributed by atoms with Gasteiger partial charge in [0.25, 0.3) is 5.91 Å². The van der Waals surface area contributed by atoms with Gasteiger partial charge in [0.1, 0.15) is 0 Å². The fourth-order valence-electron chi connectivity index (χ4n) is 2.94. The van der Waals surface area contributed by atoms with Crippen molar-refractivity contribution < 1.29 is 9.53 Å². The highest BCUT2D eigenvalue weighted by Gasteiger charge is 2.36. The van der Waals surface area contributed by atoms with Crippen molar-refractivity contribution in [1.82, 2.24) is 5.32 Å². The molecule has 1 aliphatic heterocycles. The number of ether oxygens (including phenoxy) is 1. The van der Waals surface area contributed by atoms with Crippen LogP contribution in [-0.4, -0.2) is 19.1 Å². The molecule has 0 unspecified atom stereocenters. The van der Waals surface area contributed by atoms with Gasteiger partial charge in [-0.1, -0.05) is 34.1 Å². The molecule has 3 rings (SSSR count). The quantitative estimate of drug-likeness (QED) is 0.753. The number of hydrogen-bond acceptors (Lipinski definition) is 3. The molecule has 0 bridgehead atoms. The third-order valence-corrected chi connectivity index (χ3v) is 4.77. The first-order valence-electron chi connectivity index (χ1n) is 7.61. The van der Waals surface area contributed by atoms with Crippen molar-refractivity contribution in [3.8, 4) is 0 Å². The molecule has 0 saturated carbocycles. The minimum absolute atomic E-state index is 0. The van der Waals surface area contributed by atoms with E-state index in [-0.39, 0.29) is 18.3 Å². The maximum Gasteiger partial charge on any atom is 0.252 e. The molecule has 2 aromatic carbocycles. The van der Waals surface area contributed by atoms with Crippen molar-refractivity contribution in [1.29, 1.82) is 0 Å². The molecule has 1 heterocycles. The molecule has 0 aliphatic carbocycles. The van der Waals surface area contributed by atoms with E-state index in [1.807, 2.05) is 12.1 Å². The van der Waals surface area contributed by atoms with Crippen LogP contribution in [0.25, 0.3) is 0 Å². The molecule has 0 radical (unpaired) electrons. The lowest BCUT2D eigenvalue weighted by atomic mass is 9.82. The summed E-state index contributed by atoms with van der Waals surface area (Å²) in [6.07, 6.45) is 1.51. The summed E-state index contributed by atoms with van der Waals surface area (Å²) in [4.78, 5) is 12.7. The minimum Gasteiger partial charge on any atom is -0.399 e. The van der Waals surface area contributed by atoms with Crippen LogP contribution in [0.15, 0.2) is 53.0 Å². The second-order valence-electron chi connectivity index (χ2n) is 5.78. The van der Waals surface area contributed by atoms with Gasteiger partial charge in [-0.15, -0.1) is 12.4 Å². The lowest BCUT2D eigenvalue weighted by molar-refractivity contribution is 0.0345. The molecule has 1 aliphatic rings. The molecule has 128 valence electrons. The van der Waals surface area contributed by atoms with Crippen LogP contribution >= 0.6 is 28.3 Å². The Balaban J connectivity index is 0.00000208. The molecular formula is C18H20BrClN2O2. The molecule has 1 amide bonds. The fraction of sp³-hybridized carbons (Fsp3) is 0.278. The number of nitrogens with one attached hydrogen (secondary N) is 1. The molecule has 1 fully saturated rings. The molecule has 0 atom stereocenters. The Hall–Kier alpha value is -1.56. The van der Waals surface area contributed by atoms with Crippen LogP contribution < -0.4 is 11.1 Å². The van der Waals surface area contributed by atoms with Gasteiger partial charge in [0.15, 0.2) is 0 Å². The van der Waals surface area contributed by atoms with E-state index in [0.717, 1.165) is 22.9 Å². The average Bonchev–Trinajstić information content (AvgIpc) is 2.56. The van der Waals surface area contributed by atoms with Crippen LogP contribution in [0.3, 0.4) is 0 Å². The highest BCUT2D eigenvalue weighted by Crippen LogP contribution is 2.33. The Morgan fingerprint density at radius 2 is 1.79 bits per heavy atom. The number of nitrogens with two attached hydrogens (primary N) is 1. The van der Waals surface area contributed by atoms with Gasteiger partial charge in [-0.2, -0.15) is 0 Å². The van der Waals surface area contributed by atoms with Gasteiger partial charge >= 0.3 is 0 Å². The maximum atomic E-state index is 12.7. The largest absolute Gasteiger partial charge is 0.399 e. The molecule has 2 aromatic rings. The number of rotatable bonds is 3. The van der Waals surface area contributed by atoms with Crippen molar-refractivity contribution in [2.75, 3.05) is 18.9 Å². The number of nitrogen functional groups attached to an aromatic ring is 1. The molecular weight excluding hydrogens is 392 g/mol. The summed E-state index contributed by atoms with van der Waals surface area (Å²) in [5.74, 6) is -0.109. The van der Waals surface area contributed by atoms with E-state index in [1.54, 1.807) is 24.3 Å². The molecule has 0 spiro atoms. The zero-order chi connectivity index (χ0) is 16.3. The van der Waals surface area contributed by atoms with Crippen LogP contribution in [0.2, 0.25) is 0 Å². The number of carbonyl (C=O) groups excluding carboxylic acids is 1. The van der Waals surface area contributed by atoms with Gasteiger partial charge in [0.2, 0.25) is 0 Å². The van der Waals surface area contributed by atoms with E-state index in [4.69, 9.17) is 10.5 Å². The van der Waals surface area contributed by atoms with E-state index < -0.39 is 5.54 Å². The van der Waals surface area contributed by atoms with Crippen LogP contribution in [-0.2, 0) is 10.3 Å². The number of carbonyl (C=O) groups is 1. The normalized spacial score (nSPS) is 16.0. The van der Waals surface area contributed by atoms with E-state index in [1.165, 1.54) is 0 Å². The molecule has 24 heavy (non-hydrogen) atoms. The van der Waals surface area contributed by atoms with Crippen molar-refractivity contribution >= 4 is 39.9 Å². The standard InChI is InChI=1S/C18H19BrN2O2.ClH/c19-15-6-4-14(5-7-15)18(8-10-23-11-9-18)21-17(22)13-2-1-3-16(20)12-13;/h1-7,12H,8-11,20H2,(H,21,22);1H. The van der Waals surface area contributed by atoms with Gasteiger partial charge in [-0.25, -0.2) is 0 Å². The van der Waals surface area contributed by atoms with Crippen LogP contribution in [0.1, 0.15) is 28.8 Å². The number of hydrogen-bond donors (Lipinski definition) is 2. The van der Waals surface area contributed by atoms with Gasteiger partial charge < -0.3 is 15.8 Å². The van der Waals surface area contributed by atoms with Crippen molar-refractivity contribution in [2.24, 2.45) is 0 Å². The minimum atomic E-state index is -0.402. The predicted molar refractivity (Wildman–Crippen MR) is 101 cm³/mol. The fourth-order valence-corrected chi connectivity index (χ4v) is 3.21. The second kappa shape index (κ2) is 8.01. The Morgan fingerprint density at radius 1 is 1.12 bits per heavy atom. The average molecular weight is 412 g/mol. The van der Waals surface area contributed by atoms with E-state index >= 15 is 0 Å². The van der Waals surface area contributed by atoms with Crippen LogP contribution in [0, 0.1) is 0 Å². The molecule has 3 N–H and O–H groups in total.